The first-order valence-corrected chi connectivity index (χ1v) is 7.90. The Kier molecular flexibility index (Phi) is 4.48. The topological polar surface area (TPSA) is 31.4 Å². The molecule has 0 saturated carbocycles. The monoisotopic (exact) mass is 282 g/mol. The van der Waals surface area contributed by atoms with E-state index in [1.54, 1.807) is 11.3 Å². The number of anilines is 1. The Morgan fingerprint density at radius 3 is 2.79 bits per heavy atom. The highest BCUT2D eigenvalue weighted by Gasteiger charge is 2.32. The normalized spacial score (nSPS) is 20.2. The Morgan fingerprint density at radius 1 is 1.42 bits per heavy atom. The van der Waals surface area contributed by atoms with E-state index in [4.69, 9.17) is 4.98 Å². The molecule has 4 nitrogen and oxygen atoms in total. The van der Waals surface area contributed by atoms with E-state index in [1.807, 2.05) is 0 Å². The van der Waals surface area contributed by atoms with E-state index in [1.165, 1.54) is 5.13 Å². The van der Waals surface area contributed by atoms with Gasteiger partial charge in [-0.05, 0) is 20.9 Å². The predicted molar refractivity (Wildman–Crippen MR) is 83.0 cm³/mol. The van der Waals surface area contributed by atoms with Crippen molar-refractivity contribution in [2.75, 3.05) is 31.6 Å². The number of hydrogen-bond acceptors (Lipinski definition) is 5. The Morgan fingerprint density at radius 2 is 2.16 bits per heavy atom. The quantitative estimate of drug-likeness (QED) is 0.917. The molecular weight excluding hydrogens is 256 g/mol. The van der Waals surface area contributed by atoms with Gasteiger partial charge in [0.15, 0.2) is 5.13 Å². The molecule has 0 atom stereocenters. The molecule has 1 fully saturated rings. The Bertz CT molecular complexity index is 413. The number of hydrogen-bond donors (Lipinski definition) is 1. The van der Waals surface area contributed by atoms with Crippen LogP contribution in [0.3, 0.4) is 0 Å². The minimum absolute atomic E-state index is 0.222. The summed E-state index contributed by atoms with van der Waals surface area (Å²) in [4.78, 5) is 9.61. The molecule has 1 aromatic heterocycles. The van der Waals surface area contributed by atoms with Gasteiger partial charge >= 0.3 is 0 Å². The highest BCUT2D eigenvalue weighted by molar-refractivity contribution is 7.13. The molecule has 1 saturated heterocycles. The van der Waals surface area contributed by atoms with Gasteiger partial charge in [0, 0.05) is 43.1 Å². The summed E-state index contributed by atoms with van der Waals surface area (Å²) in [5.74, 6) is 0. The lowest BCUT2D eigenvalue weighted by Gasteiger charge is -2.45. The molecule has 1 N–H and O–H groups in total. The average Bonchev–Trinajstić information content (AvgIpc) is 2.78. The summed E-state index contributed by atoms with van der Waals surface area (Å²) in [5.41, 5.74) is 1.38. The zero-order valence-corrected chi connectivity index (χ0v) is 13.5. The van der Waals surface area contributed by atoms with Gasteiger partial charge in [-0.25, -0.2) is 4.98 Å². The maximum atomic E-state index is 4.76. The summed E-state index contributed by atoms with van der Waals surface area (Å²) < 4.78 is 0. The smallest absolute Gasteiger partial charge is 0.185 e. The molecule has 5 heteroatoms. The first kappa shape index (κ1) is 14.8. The molecule has 0 radical (unpaired) electrons. The molecule has 108 valence electrons. The van der Waals surface area contributed by atoms with E-state index in [0.29, 0.717) is 6.04 Å². The second-order valence-electron chi connectivity index (χ2n) is 6.31. The van der Waals surface area contributed by atoms with Gasteiger partial charge in [-0.1, -0.05) is 13.8 Å². The number of thiazole rings is 1. The lowest BCUT2D eigenvalue weighted by atomic mass is 10.0. The molecule has 1 aliphatic rings. The zero-order chi connectivity index (χ0) is 14.0. The number of likely N-dealkylation sites (N-methyl/N-ethyl adjacent to an activating group) is 1. The number of piperazine rings is 1. The molecule has 1 aliphatic heterocycles. The summed E-state index contributed by atoms with van der Waals surface area (Å²) in [6, 6.07) is 0.507. The van der Waals surface area contributed by atoms with Gasteiger partial charge in [-0.15, -0.1) is 11.3 Å². The summed E-state index contributed by atoms with van der Waals surface area (Å²) in [7, 11) is 2.21. The highest BCUT2D eigenvalue weighted by atomic mass is 32.1. The largest absolute Gasteiger partial charge is 0.345 e. The molecule has 0 spiro atoms. The van der Waals surface area contributed by atoms with Gasteiger partial charge in [0.1, 0.15) is 0 Å². The lowest BCUT2D eigenvalue weighted by molar-refractivity contribution is 0.139. The highest BCUT2D eigenvalue weighted by Crippen LogP contribution is 2.27. The summed E-state index contributed by atoms with van der Waals surface area (Å²) in [6.07, 6.45) is 0. The fourth-order valence-electron chi connectivity index (χ4n) is 2.23. The minimum Gasteiger partial charge on any atom is -0.345 e. The minimum atomic E-state index is 0.222. The van der Waals surface area contributed by atoms with Crippen LogP contribution in [0.1, 0.15) is 33.4 Å². The second kappa shape index (κ2) is 5.77. The van der Waals surface area contributed by atoms with Crippen molar-refractivity contribution in [1.82, 2.24) is 15.2 Å². The summed E-state index contributed by atoms with van der Waals surface area (Å²) in [5, 5.41) is 6.76. The number of nitrogens with zero attached hydrogens (tertiary/aromatic N) is 3. The number of aromatic nitrogens is 1. The van der Waals surface area contributed by atoms with E-state index in [2.05, 4.69) is 55.2 Å². The third-order valence-corrected chi connectivity index (χ3v) is 4.77. The lowest BCUT2D eigenvalue weighted by Crippen LogP contribution is -2.57. The summed E-state index contributed by atoms with van der Waals surface area (Å²) >= 11 is 1.77. The molecule has 19 heavy (non-hydrogen) atoms. The van der Waals surface area contributed by atoms with Crippen molar-refractivity contribution in [2.45, 2.75) is 45.8 Å². The van der Waals surface area contributed by atoms with Crippen molar-refractivity contribution >= 4 is 16.5 Å². The van der Waals surface area contributed by atoms with Crippen molar-refractivity contribution in [3.05, 3.63) is 11.1 Å². The Labute approximate surface area is 120 Å². The van der Waals surface area contributed by atoms with E-state index in [-0.39, 0.29) is 5.54 Å². The fraction of sp³-hybridized carbons (Fsp3) is 0.786. The van der Waals surface area contributed by atoms with Gasteiger partial charge in [0.05, 0.1) is 5.69 Å². The van der Waals surface area contributed by atoms with E-state index >= 15 is 0 Å². The van der Waals surface area contributed by atoms with Crippen molar-refractivity contribution in [3.8, 4) is 0 Å². The van der Waals surface area contributed by atoms with Crippen LogP contribution in [0.25, 0.3) is 0 Å². The van der Waals surface area contributed by atoms with Crippen molar-refractivity contribution < 1.29 is 0 Å². The van der Waals surface area contributed by atoms with Crippen LogP contribution in [-0.4, -0.2) is 48.1 Å². The standard InChI is InChI=1S/C14H26N4S/c1-11(2)15-8-12-9-19-13(16-12)18-7-6-17(5)14(3,4)10-18/h9,11,15H,6-8,10H2,1-5H3. The molecule has 2 heterocycles. The van der Waals surface area contributed by atoms with Gasteiger partial charge in [-0.3, -0.25) is 4.90 Å². The molecule has 2 rings (SSSR count). The van der Waals surface area contributed by atoms with Crippen LogP contribution in [0.4, 0.5) is 5.13 Å². The van der Waals surface area contributed by atoms with E-state index in [0.717, 1.165) is 31.9 Å². The summed E-state index contributed by atoms with van der Waals surface area (Å²) in [6.45, 7) is 13.0. The first-order chi connectivity index (χ1) is 8.88. The molecule has 0 unspecified atom stereocenters. The second-order valence-corrected chi connectivity index (χ2v) is 7.15. The van der Waals surface area contributed by atoms with Gasteiger partial charge < -0.3 is 10.2 Å². The molecule has 0 amide bonds. The molecule has 0 aromatic carbocycles. The predicted octanol–water partition coefficient (Wildman–Crippen LogP) is 2.17. The zero-order valence-electron chi connectivity index (χ0n) is 12.7. The fourth-order valence-corrected chi connectivity index (χ4v) is 3.09. The van der Waals surface area contributed by atoms with Crippen molar-refractivity contribution in [2.24, 2.45) is 0 Å². The SMILES string of the molecule is CC(C)NCc1csc(N2CCN(C)C(C)(C)C2)n1. The van der Waals surface area contributed by atoms with E-state index in [9.17, 15) is 0 Å². The van der Waals surface area contributed by atoms with E-state index < -0.39 is 0 Å². The average molecular weight is 282 g/mol. The van der Waals surface area contributed by atoms with Gasteiger partial charge in [-0.2, -0.15) is 0 Å². The van der Waals surface area contributed by atoms with Gasteiger partial charge in [0.2, 0.25) is 0 Å². The van der Waals surface area contributed by atoms with Crippen molar-refractivity contribution in [1.29, 1.82) is 0 Å². The first-order valence-electron chi connectivity index (χ1n) is 7.02. The van der Waals surface area contributed by atoms with Crippen LogP contribution in [0.15, 0.2) is 5.38 Å². The van der Waals surface area contributed by atoms with Crippen molar-refractivity contribution in [3.63, 3.8) is 0 Å². The molecule has 0 bridgehead atoms. The molecule has 1 aromatic rings. The number of nitrogens with one attached hydrogen (secondary N) is 1. The van der Waals surface area contributed by atoms with Gasteiger partial charge in [0.25, 0.3) is 0 Å². The molecule has 0 aliphatic carbocycles. The van der Waals surface area contributed by atoms with Crippen LogP contribution >= 0.6 is 11.3 Å². The van der Waals surface area contributed by atoms with Crippen LogP contribution in [-0.2, 0) is 6.54 Å². The third kappa shape index (κ3) is 3.68. The van der Waals surface area contributed by atoms with Crippen LogP contribution in [0, 0.1) is 0 Å². The maximum Gasteiger partial charge on any atom is 0.185 e. The van der Waals surface area contributed by atoms with Crippen LogP contribution < -0.4 is 10.2 Å². The molecular formula is C14H26N4S. The number of rotatable bonds is 4. The Hall–Kier alpha value is -0.650. The third-order valence-electron chi connectivity index (χ3n) is 3.82. The van der Waals surface area contributed by atoms with Crippen LogP contribution in [0.5, 0.6) is 0 Å². The van der Waals surface area contributed by atoms with Crippen LogP contribution in [0.2, 0.25) is 0 Å². The maximum absolute atomic E-state index is 4.76. The Balaban J connectivity index is 1.99.